The Bertz CT molecular complexity index is 418. The third kappa shape index (κ3) is 2.20. The molecule has 5 heteroatoms. The summed E-state index contributed by atoms with van der Waals surface area (Å²) in [6.45, 7) is 7.41. The zero-order valence-electron chi connectivity index (χ0n) is 10.6. The van der Waals surface area contributed by atoms with Gasteiger partial charge >= 0.3 is 0 Å². The van der Waals surface area contributed by atoms with Gasteiger partial charge in [0.2, 0.25) is 5.91 Å². The van der Waals surface area contributed by atoms with Crippen LogP contribution in [0, 0.1) is 5.41 Å². The van der Waals surface area contributed by atoms with Crippen molar-refractivity contribution in [1.82, 2.24) is 10.1 Å². The number of hydrogen-bond acceptors (Lipinski definition) is 4. The predicted molar refractivity (Wildman–Crippen MR) is 63.0 cm³/mol. The minimum Gasteiger partial charge on any atom is -0.359 e. The molecule has 1 aliphatic heterocycles. The van der Waals surface area contributed by atoms with Crippen LogP contribution in [0.1, 0.15) is 37.8 Å². The first kappa shape index (κ1) is 12.1. The van der Waals surface area contributed by atoms with Crippen LogP contribution in [0.15, 0.2) is 4.52 Å². The van der Waals surface area contributed by atoms with Crippen LogP contribution in [0.3, 0.4) is 0 Å². The molecule has 1 aromatic rings. The van der Waals surface area contributed by atoms with Crippen molar-refractivity contribution in [2.45, 2.75) is 40.3 Å². The highest BCUT2D eigenvalue weighted by atomic mass is 16.5. The summed E-state index contributed by atoms with van der Waals surface area (Å²) in [6, 6.07) is 0. The molecule has 2 rings (SSSR count). The lowest BCUT2D eigenvalue weighted by Gasteiger charge is -2.31. The van der Waals surface area contributed by atoms with Crippen molar-refractivity contribution < 1.29 is 9.32 Å². The van der Waals surface area contributed by atoms with Gasteiger partial charge in [0.15, 0.2) is 5.76 Å². The molecular weight excluding hydrogens is 218 g/mol. The summed E-state index contributed by atoms with van der Waals surface area (Å²) in [4.78, 5) is 14.1. The van der Waals surface area contributed by atoms with Crippen molar-refractivity contribution in [3.05, 3.63) is 17.0 Å². The summed E-state index contributed by atoms with van der Waals surface area (Å²) < 4.78 is 5.17. The number of rotatable bonds is 1. The van der Waals surface area contributed by atoms with Crippen molar-refractivity contribution >= 4 is 5.91 Å². The molecule has 17 heavy (non-hydrogen) atoms. The van der Waals surface area contributed by atoms with Crippen LogP contribution in [0.2, 0.25) is 0 Å². The average Bonchev–Trinajstić information content (AvgIpc) is 2.68. The normalized spacial score (nSPS) is 15.9. The van der Waals surface area contributed by atoms with Gasteiger partial charge in [-0.15, -0.1) is 0 Å². The molecule has 0 fully saturated rings. The fourth-order valence-electron chi connectivity index (χ4n) is 2.08. The summed E-state index contributed by atoms with van der Waals surface area (Å²) in [5.41, 5.74) is 7.18. The van der Waals surface area contributed by atoms with Crippen LogP contribution in [0.5, 0.6) is 0 Å². The van der Waals surface area contributed by atoms with Crippen molar-refractivity contribution in [2.24, 2.45) is 11.1 Å². The second kappa shape index (κ2) is 4.14. The molecule has 1 aliphatic rings. The molecule has 0 atom stereocenters. The van der Waals surface area contributed by atoms with Crippen LogP contribution < -0.4 is 5.73 Å². The first-order chi connectivity index (χ1) is 7.93. The molecular formula is C12H19N3O2. The minimum absolute atomic E-state index is 0.160. The highest BCUT2D eigenvalue weighted by Crippen LogP contribution is 2.26. The zero-order valence-corrected chi connectivity index (χ0v) is 10.6. The Morgan fingerprint density at radius 2 is 2.24 bits per heavy atom. The van der Waals surface area contributed by atoms with Crippen molar-refractivity contribution in [1.29, 1.82) is 0 Å². The monoisotopic (exact) mass is 237 g/mol. The summed E-state index contributed by atoms with van der Waals surface area (Å²) in [6.07, 6.45) is 0.751. The topological polar surface area (TPSA) is 72.4 Å². The van der Waals surface area contributed by atoms with Gasteiger partial charge < -0.3 is 15.2 Å². The number of amides is 1. The molecule has 5 nitrogen and oxygen atoms in total. The molecule has 0 saturated heterocycles. The maximum absolute atomic E-state index is 12.2. The fraction of sp³-hybridized carbons (Fsp3) is 0.667. The molecule has 2 heterocycles. The molecule has 1 amide bonds. The average molecular weight is 237 g/mol. The number of aromatic nitrogens is 1. The van der Waals surface area contributed by atoms with Crippen LogP contribution in [-0.4, -0.2) is 22.5 Å². The van der Waals surface area contributed by atoms with E-state index in [1.54, 1.807) is 0 Å². The number of fused-ring (bicyclic) bond motifs is 1. The summed E-state index contributed by atoms with van der Waals surface area (Å²) in [5, 5.41) is 3.99. The Morgan fingerprint density at radius 1 is 1.53 bits per heavy atom. The molecule has 0 saturated carbocycles. The van der Waals surface area contributed by atoms with Crippen LogP contribution >= 0.6 is 0 Å². The first-order valence-electron chi connectivity index (χ1n) is 5.89. The fourth-order valence-corrected chi connectivity index (χ4v) is 2.08. The van der Waals surface area contributed by atoms with Crippen molar-refractivity contribution in [3.63, 3.8) is 0 Å². The SMILES string of the molecule is CC(C)(C)C(=O)N1CCc2noc(CN)c2C1. The summed E-state index contributed by atoms with van der Waals surface area (Å²) >= 11 is 0. The second-order valence-corrected chi connectivity index (χ2v) is 5.46. The molecule has 0 aromatic carbocycles. The highest BCUT2D eigenvalue weighted by molar-refractivity contribution is 5.81. The summed E-state index contributed by atoms with van der Waals surface area (Å²) in [5.74, 6) is 0.860. The number of nitrogens with two attached hydrogens (primary N) is 1. The van der Waals surface area contributed by atoms with Gasteiger partial charge in [-0.3, -0.25) is 4.79 Å². The highest BCUT2D eigenvalue weighted by Gasteiger charge is 2.31. The molecule has 0 radical (unpaired) electrons. The van der Waals surface area contributed by atoms with E-state index in [-0.39, 0.29) is 11.3 Å². The van der Waals surface area contributed by atoms with Gasteiger partial charge in [-0.2, -0.15) is 0 Å². The smallest absolute Gasteiger partial charge is 0.228 e. The van der Waals surface area contributed by atoms with Gasteiger partial charge in [0.25, 0.3) is 0 Å². The van der Waals surface area contributed by atoms with E-state index in [1.165, 1.54) is 0 Å². The van der Waals surface area contributed by atoms with E-state index >= 15 is 0 Å². The van der Waals surface area contributed by atoms with E-state index in [2.05, 4.69) is 5.16 Å². The number of nitrogens with zero attached hydrogens (tertiary/aromatic N) is 2. The molecule has 2 N–H and O–H groups in total. The van der Waals surface area contributed by atoms with E-state index in [9.17, 15) is 4.79 Å². The number of carbonyl (C=O) groups excluding carboxylic acids is 1. The Kier molecular flexibility index (Phi) is 2.95. The van der Waals surface area contributed by atoms with Gasteiger partial charge in [-0.1, -0.05) is 25.9 Å². The standard InChI is InChI=1S/C12H19N3O2/c1-12(2,3)11(16)15-5-4-9-8(7-15)10(6-13)17-14-9/h4-7,13H2,1-3H3. The van der Waals surface area contributed by atoms with Crippen LogP contribution in [-0.2, 0) is 24.3 Å². The third-order valence-corrected chi connectivity index (χ3v) is 3.03. The molecule has 1 aromatic heterocycles. The van der Waals surface area contributed by atoms with Crippen LogP contribution in [0.4, 0.5) is 0 Å². The van der Waals surface area contributed by atoms with Gasteiger partial charge in [0.05, 0.1) is 18.8 Å². The zero-order chi connectivity index (χ0) is 12.6. The quantitative estimate of drug-likeness (QED) is 0.792. The predicted octanol–water partition coefficient (Wildman–Crippen LogP) is 1.06. The summed E-state index contributed by atoms with van der Waals surface area (Å²) in [7, 11) is 0. The number of carbonyl (C=O) groups is 1. The van der Waals surface area contributed by atoms with Gasteiger partial charge in [-0.25, -0.2) is 0 Å². The van der Waals surface area contributed by atoms with Crippen LogP contribution in [0.25, 0.3) is 0 Å². The van der Waals surface area contributed by atoms with E-state index < -0.39 is 0 Å². The lowest BCUT2D eigenvalue weighted by atomic mass is 9.93. The molecule has 0 unspecified atom stereocenters. The Morgan fingerprint density at radius 3 is 2.82 bits per heavy atom. The van der Waals surface area contributed by atoms with Gasteiger partial charge in [0, 0.05) is 23.9 Å². The Labute approximate surface area is 101 Å². The van der Waals surface area contributed by atoms with E-state index in [1.807, 2.05) is 25.7 Å². The van der Waals surface area contributed by atoms with E-state index in [0.717, 1.165) is 17.7 Å². The second-order valence-electron chi connectivity index (χ2n) is 5.46. The largest absolute Gasteiger partial charge is 0.359 e. The molecule has 0 bridgehead atoms. The lowest BCUT2D eigenvalue weighted by molar-refractivity contribution is -0.140. The number of hydrogen-bond donors (Lipinski definition) is 1. The minimum atomic E-state index is -0.350. The molecule has 0 aliphatic carbocycles. The molecule has 0 spiro atoms. The lowest BCUT2D eigenvalue weighted by Crippen LogP contribution is -2.42. The van der Waals surface area contributed by atoms with E-state index in [4.69, 9.17) is 10.3 Å². The maximum Gasteiger partial charge on any atom is 0.228 e. The molecule has 94 valence electrons. The van der Waals surface area contributed by atoms with Gasteiger partial charge in [-0.05, 0) is 0 Å². The Hall–Kier alpha value is -1.36. The Balaban J connectivity index is 2.20. The maximum atomic E-state index is 12.2. The first-order valence-corrected chi connectivity index (χ1v) is 5.89. The van der Waals surface area contributed by atoms with Crippen molar-refractivity contribution in [3.8, 4) is 0 Å². The van der Waals surface area contributed by atoms with Gasteiger partial charge in [0.1, 0.15) is 0 Å². The van der Waals surface area contributed by atoms with Crippen molar-refractivity contribution in [2.75, 3.05) is 6.54 Å². The third-order valence-electron chi connectivity index (χ3n) is 3.03. The van der Waals surface area contributed by atoms with E-state index in [0.29, 0.717) is 25.4 Å².